The summed E-state index contributed by atoms with van der Waals surface area (Å²) in [5.74, 6) is 0.815. The van der Waals surface area contributed by atoms with Gasteiger partial charge in [0, 0.05) is 16.8 Å². The van der Waals surface area contributed by atoms with Gasteiger partial charge in [-0.2, -0.15) is 0 Å². The first-order valence-electron chi connectivity index (χ1n) is 5.32. The molecule has 3 nitrogen and oxygen atoms in total. The molecule has 0 fully saturated rings. The Kier molecular flexibility index (Phi) is 3.19. The van der Waals surface area contributed by atoms with Gasteiger partial charge in [-0.25, -0.2) is 0 Å². The van der Waals surface area contributed by atoms with Crippen LogP contribution in [0, 0.1) is 6.92 Å². The minimum absolute atomic E-state index is 0.627. The summed E-state index contributed by atoms with van der Waals surface area (Å²) >= 11 is 0. The van der Waals surface area contributed by atoms with Crippen molar-refractivity contribution in [1.29, 1.82) is 0 Å². The first-order chi connectivity index (χ1) is 8.24. The van der Waals surface area contributed by atoms with Gasteiger partial charge in [0.2, 0.25) is 0 Å². The predicted octanol–water partition coefficient (Wildman–Crippen LogP) is 2.88. The molecule has 0 aliphatic rings. The SMILES string of the molecule is COc1ccc(-c2ccc(C=O)c(C)n2)cc1. The third-order valence-electron chi connectivity index (χ3n) is 2.64. The van der Waals surface area contributed by atoms with E-state index in [-0.39, 0.29) is 0 Å². The number of carbonyl (C=O) groups excluding carboxylic acids is 1. The van der Waals surface area contributed by atoms with Crippen molar-refractivity contribution in [1.82, 2.24) is 4.98 Å². The molecule has 17 heavy (non-hydrogen) atoms. The van der Waals surface area contributed by atoms with Gasteiger partial charge in [-0.3, -0.25) is 9.78 Å². The van der Waals surface area contributed by atoms with Crippen LogP contribution in [-0.4, -0.2) is 18.4 Å². The molecule has 0 N–H and O–H groups in total. The zero-order valence-electron chi connectivity index (χ0n) is 9.81. The van der Waals surface area contributed by atoms with Gasteiger partial charge in [-0.1, -0.05) is 0 Å². The number of carbonyl (C=O) groups is 1. The number of hydrogen-bond donors (Lipinski definition) is 0. The number of nitrogens with zero attached hydrogens (tertiary/aromatic N) is 1. The van der Waals surface area contributed by atoms with E-state index in [1.807, 2.05) is 37.3 Å². The van der Waals surface area contributed by atoms with Crippen molar-refractivity contribution < 1.29 is 9.53 Å². The number of pyridine rings is 1. The van der Waals surface area contributed by atoms with E-state index in [0.29, 0.717) is 5.56 Å². The fraction of sp³-hybridized carbons (Fsp3) is 0.143. The summed E-state index contributed by atoms with van der Waals surface area (Å²) in [7, 11) is 1.64. The van der Waals surface area contributed by atoms with E-state index in [4.69, 9.17) is 4.74 Å². The zero-order chi connectivity index (χ0) is 12.3. The second-order valence-corrected chi connectivity index (χ2v) is 3.72. The molecular weight excluding hydrogens is 214 g/mol. The van der Waals surface area contributed by atoms with Crippen molar-refractivity contribution in [3.8, 4) is 17.0 Å². The van der Waals surface area contributed by atoms with E-state index in [2.05, 4.69) is 4.98 Å². The Labute approximate surface area is 100 Å². The number of aryl methyl sites for hydroxylation is 1. The lowest BCUT2D eigenvalue weighted by molar-refractivity contribution is 0.112. The lowest BCUT2D eigenvalue weighted by atomic mass is 10.1. The summed E-state index contributed by atoms with van der Waals surface area (Å²) in [6, 6.07) is 11.3. The van der Waals surface area contributed by atoms with Crippen molar-refractivity contribution >= 4 is 6.29 Å². The highest BCUT2D eigenvalue weighted by atomic mass is 16.5. The monoisotopic (exact) mass is 227 g/mol. The van der Waals surface area contributed by atoms with Crippen molar-refractivity contribution in [2.75, 3.05) is 7.11 Å². The van der Waals surface area contributed by atoms with Crippen LogP contribution in [0.3, 0.4) is 0 Å². The van der Waals surface area contributed by atoms with Crippen LogP contribution >= 0.6 is 0 Å². The second-order valence-electron chi connectivity index (χ2n) is 3.72. The fourth-order valence-corrected chi connectivity index (χ4v) is 1.62. The van der Waals surface area contributed by atoms with Gasteiger partial charge in [-0.15, -0.1) is 0 Å². The maximum absolute atomic E-state index is 10.7. The number of rotatable bonds is 3. The number of aromatic nitrogens is 1. The highest BCUT2D eigenvalue weighted by molar-refractivity contribution is 5.77. The number of ether oxygens (including phenoxy) is 1. The molecule has 1 aromatic carbocycles. The number of hydrogen-bond acceptors (Lipinski definition) is 3. The van der Waals surface area contributed by atoms with E-state index in [9.17, 15) is 4.79 Å². The van der Waals surface area contributed by atoms with Crippen molar-refractivity contribution in [2.24, 2.45) is 0 Å². The Balaban J connectivity index is 2.38. The molecule has 2 aromatic rings. The smallest absolute Gasteiger partial charge is 0.151 e. The molecule has 0 bridgehead atoms. The molecule has 0 spiro atoms. The molecule has 0 aliphatic carbocycles. The summed E-state index contributed by atoms with van der Waals surface area (Å²) in [6.45, 7) is 1.83. The molecule has 0 amide bonds. The zero-order valence-corrected chi connectivity index (χ0v) is 9.81. The van der Waals surface area contributed by atoms with E-state index in [1.54, 1.807) is 13.2 Å². The van der Waals surface area contributed by atoms with Gasteiger partial charge in [0.15, 0.2) is 6.29 Å². The summed E-state index contributed by atoms with van der Waals surface area (Å²) in [5.41, 5.74) is 3.23. The molecule has 3 heteroatoms. The number of methoxy groups -OCH3 is 1. The lowest BCUT2D eigenvalue weighted by Crippen LogP contribution is -1.93. The maximum Gasteiger partial charge on any atom is 0.151 e. The average molecular weight is 227 g/mol. The van der Waals surface area contributed by atoms with Gasteiger partial charge in [0.1, 0.15) is 5.75 Å². The van der Waals surface area contributed by atoms with Crippen LogP contribution in [-0.2, 0) is 0 Å². The second kappa shape index (κ2) is 4.78. The van der Waals surface area contributed by atoms with E-state index >= 15 is 0 Å². The molecule has 86 valence electrons. The number of aldehydes is 1. The van der Waals surface area contributed by atoms with Gasteiger partial charge in [0.25, 0.3) is 0 Å². The van der Waals surface area contributed by atoms with Crippen LogP contribution in [0.5, 0.6) is 5.75 Å². The average Bonchev–Trinajstić information content (AvgIpc) is 2.39. The topological polar surface area (TPSA) is 39.2 Å². The minimum atomic E-state index is 0.627. The lowest BCUT2D eigenvalue weighted by Gasteiger charge is -2.05. The van der Waals surface area contributed by atoms with Crippen molar-refractivity contribution in [3.63, 3.8) is 0 Å². The van der Waals surface area contributed by atoms with Crippen LogP contribution in [0.25, 0.3) is 11.3 Å². The van der Waals surface area contributed by atoms with E-state index < -0.39 is 0 Å². The Morgan fingerprint density at radius 1 is 1.12 bits per heavy atom. The minimum Gasteiger partial charge on any atom is -0.497 e. The molecule has 0 aliphatic heterocycles. The Hall–Kier alpha value is -2.16. The Bertz CT molecular complexity index is 532. The highest BCUT2D eigenvalue weighted by Gasteiger charge is 2.03. The van der Waals surface area contributed by atoms with E-state index in [0.717, 1.165) is 29.0 Å². The van der Waals surface area contributed by atoms with Crippen LogP contribution < -0.4 is 4.74 Å². The first-order valence-corrected chi connectivity index (χ1v) is 5.32. The first kappa shape index (κ1) is 11.3. The molecule has 0 atom stereocenters. The molecule has 0 radical (unpaired) electrons. The molecular formula is C14H13NO2. The highest BCUT2D eigenvalue weighted by Crippen LogP contribution is 2.21. The quantitative estimate of drug-likeness (QED) is 0.757. The van der Waals surface area contributed by atoms with Gasteiger partial charge >= 0.3 is 0 Å². The summed E-state index contributed by atoms with van der Waals surface area (Å²) < 4.78 is 5.10. The third kappa shape index (κ3) is 2.33. The van der Waals surface area contributed by atoms with Gasteiger partial charge in [-0.05, 0) is 43.3 Å². The van der Waals surface area contributed by atoms with Crippen molar-refractivity contribution in [3.05, 3.63) is 47.7 Å². The molecule has 0 saturated heterocycles. The van der Waals surface area contributed by atoms with Gasteiger partial charge < -0.3 is 4.74 Å². The van der Waals surface area contributed by atoms with Crippen LogP contribution in [0.4, 0.5) is 0 Å². The van der Waals surface area contributed by atoms with Crippen LogP contribution in [0.2, 0.25) is 0 Å². The molecule has 1 heterocycles. The predicted molar refractivity (Wildman–Crippen MR) is 66.3 cm³/mol. The van der Waals surface area contributed by atoms with Crippen LogP contribution in [0.15, 0.2) is 36.4 Å². The van der Waals surface area contributed by atoms with E-state index in [1.165, 1.54) is 0 Å². The summed E-state index contributed by atoms with van der Waals surface area (Å²) in [4.78, 5) is 15.1. The number of benzene rings is 1. The van der Waals surface area contributed by atoms with Crippen LogP contribution in [0.1, 0.15) is 16.1 Å². The molecule has 0 saturated carbocycles. The molecule has 2 rings (SSSR count). The standard InChI is InChI=1S/C14H13NO2/c1-10-12(9-16)5-8-14(15-10)11-3-6-13(17-2)7-4-11/h3-9H,1-2H3. The largest absolute Gasteiger partial charge is 0.497 e. The summed E-state index contributed by atoms with van der Waals surface area (Å²) in [6.07, 6.45) is 0.820. The molecule has 1 aromatic heterocycles. The summed E-state index contributed by atoms with van der Waals surface area (Å²) in [5, 5.41) is 0. The Morgan fingerprint density at radius 3 is 2.35 bits per heavy atom. The van der Waals surface area contributed by atoms with Gasteiger partial charge in [0.05, 0.1) is 12.8 Å². The normalized spacial score (nSPS) is 10.0. The fourth-order valence-electron chi connectivity index (χ4n) is 1.62. The Morgan fingerprint density at radius 2 is 1.82 bits per heavy atom. The molecule has 0 unspecified atom stereocenters. The third-order valence-corrected chi connectivity index (χ3v) is 2.64. The maximum atomic E-state index is 10.7. The van der Waals surface area contributed by atoms with Crippen molar-refractivity contribution in [2.45, 2.75) is 6.92 Å².